The maximum absolute atomic E-state index is 13.4. The Balaban J connectivity index is 2.91. The van der Waals surface area contributed by atoms with Gasteiger partial charge in [0.15, 0.2) is 17.3 Å². The molecular formula is C10H10F2N4O4. The van der Waals surface area contributed by atoms with Crippen LogP contribution in [-0.4, -0.2) is 29.8 Å². The number of nitrogens with zero attached hydrogens (tertiary/aromatic N) is 1. The maximum atomic E-state index is 13.4. The molecule has 0 saturated heterocycles. The number of nitro benzene ring substituents is 1. The monoisotopic (exact) mass is 288 g/mol. The van der Waals surface area contributed by atoms with Crippen LogP contribution in [0.4, 0.5) is 20.2 Å². The Morgan fingerprint density at radius 3 is 2.50 bits per heavy atom. The zero-order valence-electron chi connectivity index (χ0n) is 9.98. The van der Waals surface area contributed by atoms with Gasteiger partial charge in [-0.05, 0) is 6.07 Å². The number of nitrogens with one attached hydrogen (secondary N) is 2. The lowest BCUT2D eigenvalue weighted by atomic mass is 10.2. The molecule has 0 bridgehead atoms. The van der Waals surface area contributed by atoms with Crippen molar-refractivity contribution >= 4 is 23.2 Å². The van der Waals surface area contributed by atoms with E-state index in [4.69, 9.17) is 5.73 Å². The Kier molecular flexibility index (Phi) is 5.03. The maximum Gasteiger partial charge on any atom is 0.296 e. The van der Waals surface area contributed by atoms with Gasteiger partial charge < -0.3 is 16.4 Å². The Hall–Kier alpha value is -2.62. The number of carbonyl (C=O) groups is 2. The molecule has 0 radical (unpaired) electrons. The molecule has 20 heavy (non-hydrogen) atoms. The average molecular weight is 288 g/mol. The van der Waals surface area contributed by atoms with Gasteiger partial charge in [-0.2, -0.15) is 0 Å². The fourth-order valence-corrected chi connectivity index (χ4v) is 1.25. The van der Waals surface area contributed by atoms with Gasteiger partial charge in [-0.25, -0.2) is 8.78 Å². The molecule has 8 nitrogen and oxygen atoms in total. The highest BCUT2D eigenvalue weighted by atomic mass is 19.2. The standard InChI is InChI=1S/C10H10F2N4O4/c11-5-1-2-6(16(19)20)10(9(5)12)15-8(18)4-14-7(17)3-13/h1-2H,3-4,13H2,(H,14,17)(H,15,18). The molecule has 4 N–H and O–H groups in total. The normalized spacial score (nSPS) is 9.95. The Bertz CT molecular complexity index is 564. The van der Waals surface area contributed by atoms with E-state index in [-0.39, 0.29) is 6.54 Å². The van der Waals surface area contributed by atoms with Crippen LogP contribution in [0, 0.1) is 21.7 Å². The first-order valence-electron chi connectivity index (χ1n) is 5.25. The molecule has 0 spiro atoms. The minimum absolute atomic E-state index is 0.359. The summed E-state index contributed by atoms with van der Waals surface area (Å²) in [7, 11) is 0. The van der Waals surface area contributed by atoms with Crippen molar-refractivity contribution in [1.29, 1.82) is 0 Å². The van der Waals surface area contributed by atoms with Crippen molar-refractivity contribution in [2.45, 2.75) is 0 Å². The van der Waals surface area contributed by atoms with Gasteiger partial charge in [0.25, 0.3) is 5.69 Å². The summed E-state index contributed by atoms with van der Waals surface area (Å²) in [6, 6.07) is 1.28. The van der Waals surface area contributed by atoms with E-state index in [0.717, 1.165) is 0 Å². The highest BCUT2D eigenvalue weighted by Crippen LogP contribution is 2.28. The molecule has 0 heterocycles. The Morgan fingerprint density at radius 2 is 1.95 bits per heavy atom. The Morgan fingerprint density at radius 1 is 1.30 bits per heavy atom. The highest BCUT2D eigenvalue weighted by molar-refractivity contribution is 5.96. The first kappa shape index (κ1) is 15.4. The third kappa shape index (κ3) is 3.68. The summed E-state index contributed by atoms with van der Waals surface area (Å²) in [4.78, 5) is 31.9. The molecule has 1 aromatic carbocycles. The Labute approximate surface area is 111 Å². The number of amides is 2. The van der Waals surface area contributed by atoms with E-state index in [2.05, 4.69) is 5.32 Å². The summed E-state index contributed by atoms with van der Waals surface area (Å²) in [5, 5.41) is 14.6. The topological polar surface area (TPSA) is 127 Å². The number of rotatable bonds is 5. The quantitative estimate of drug-likeness (QED) is 0.514. The van der Waals surface area contributed by atoms with Crippen LogP contribution in [0.3, 0.4) is 0 Å². The van der Waals surface area contributed by atoms with Crippen molar-refractivity contribution in [3.05, 3.63) is 33.9 Å². The van der Waals surface area contributed by atoms with Crippen molar-refractivity contribution in [3.8, 4) is 0 Å². The molecule has 0 saturated carbocycles. The van der Waals surface area contributed by atoms with Crippen molar-refractivity contribution in [3.63, 3.8) is 0 Å². The molecule has 0 unspecified atom stereocenters. The van der Waals surface area contributed by atoms with Gasteiger partial charge in [-0.3, -0.25) is 19.7 Å². The summed E-state index contributed by atoms with van der Waals surface area (Å²) in [6.07, 6.45) is 0. The highest BCUT2D eigenvalue weighted by Gasteiger charge is 2.23. The van der Waals surface area contributed by atoms with E-state index >= 15 is 0 Å². The van der Waals surface area contributed by atoms with Crippen LogP contribution < -0.4 is 16.4 Å². The number of benzene rings is 1. The van der Waals surface area contributed by atoms with E-state index in [9.17, 15) is 28.5 Å². The smallest absolute Gasteiger partial charge is 0.296 e. The first-order chi connectivity index (χ1) is 9.36. The van der Waals surface area contributed by atoms with Gasteiger partial charge >= 0.3 is 0 Å². The summed E-state index contributed by atoms with van der Waals surface area (Å²) in [6.45, 7) is -0.940. The lowest BCUT2D eigenvalue weighted by Crippen LogP contribution is -2.36. The van der Waals surface area contributed by atoms with Crippen molar-refractivity contribution in [2.24, 2.45) is 5.73 Å². The number of halogens is 2. The minimum Gasteiger partial charge on any atom is -0.346 e. The van der Waals surface area contributed by atoms with Gasteiger partial charge in [0, 0.05) is 6.07 Å². The summed E-state index contributed by atoms with van der Waals surface area (Å²) >= 11 is 0. The molecule has 0 aliphatic carbocycles. The third-order valence-corrected chi connectivity index (χ3v) is 2.17. The van der Waals surface area contributed by atoms with Gasteiger partial charge in [-0.1, -0.05) is 0 Å². The van der Waals surface area contributed by atoms with Crippen molar-refractivity contribution in [2.75, 3.05) is 18.4 Å². The van der Waals surface area contributed by atoms with Crippen LogP contribution in [0.2, 0.25) is 0 Å². The fraction of sp³-hybridized carbons (Fsp3) is 0.200. The first-order valence-corrected chi connectivity index (χ1v) is 5.25. The molecule has 0 aromatic heterocycles. The second kappa shape index (κ2) is 6.52. The fourth-order valence-electron chi connectivity index (χ4n) is 1.25. The minimum atomic E-state index is -1.56. The molecule has 108 valence electrons. The molecule has 0 aliphatic heterocycles. The van der Waals surface area contributed by atoms with Gasteiger partial charge in [0.05, 0.1) is 18.0 Å². The zero-order chi connectivity index (χ0) is 15.3. The van der Waals surface area contributed by atoms with Gasteiger partial charge in [0.1, 0.15) is 0 Å². The predicted molar refractivity (Wildman–Crippen MR) is 63.7 cm³/mol. The number of hydrogen-bond donors (Lipinski definition) is 3. The number of hydrogen-bond acceptors (Lipinski definition) is 5. The van der Waals surface area contributed by atoms with Crippen molar-refractivity contribution in [1.82, 2.24) is 5.32 Å². The van der Waals surface area contributed by atoms with Crippen LogP contribution >= 0.6 is 0 Å². The SMILES string of the molecule is NCC(=O)NCC(=O)Nc1c([N+](=O)[O-])ccc(F)c1F. The van der Waals surface area contributed by atoms with E-state index in [1.807, 2.05) is 5.32 Å². The largest absolute Gasteiger partial charge is 0.346 e. The second-order valence-corrected chi connectivity index (χ2v) is 3.54. The molecule has 10 heteroatoms. The zero-order valence-corrected chi connectivity index (χ0v) is 9.98. The van der Waals surface area contributed by atoms with E-state index in [1.165, 1.54) is 0 Å². The van der Waals surface area contributed by atoms with Gasteiger partial charge in [0.2, 0.25) is 11.8 Å². The number of nitrogens with two attached hydrogens (primary N) is 1. The molecule has 0 aliphatic rings. The van der Waals surface area contributed by atoms with Crippen LogP contribution in [0.1, 0.15) is 0 Å². The predicted octanol–water partition coefficient (Wildman–Crippen LogP) is -0.114. The molecule has 2 amide bonds. The van der Waals surface area contributed by atoms with E-state index in [1.54, 1.807) is 0 Å². The number of nitro groups is 1. The van der Waals surface area contributed by atoms with E-state index < -0.39 is 46.3 Å². The summed E-state index contributed by atoms with van der Waals surface area (Å²) in [5.74, 6) is -4.51. The lowest BCUT2D eigenvalue weighted by Gasteiger charge is -2.08. The summed E-state index contributed by atoms with van der Waals surface area (Å²) in [5.41, 5.74) is 3.27. The number of anilines is 1. The van der Waals surface area contributed by atoms with E-state index in [0.29, 0.717) is 12.1 Å². The van der Waals surface area contributed by atoms with Gasteiger partial charge in [-0.15, -0.1) is 0 Å². The average Bonchev–Trinajstić information content (AvgIpc) is 2.41. The lowest BCUT2D eigenvalue weighted by molar-refractivity contribution is -0.384. The molecular weight excluding hydrogens is 278 g/mol. The van der Waals surface area contributed by atoms with Crippen LogP contribution in [0.15, 0.2) is 12.1 Å². The second-order valence-electron chi connectivity index (χ2n) is 3.54. The van der Waals surface area contributed by atoms with Crippen LogP contribution in [0.25, 0.3) is 0 Å². The van der Waals surface area contributed by atoms with Crippen molar-refractivity contribution < 1.29 is 23.3 Å². The summed E-state index contributed by atoms with van der Waals surface area (Å²) < 4.78 is 26.5. The number of carbonyl (C=O) groups excluding carboxylic acids is 2. The van der Waals surface area contributed by atoms with Crippen LogP contribution in [-0.2, 0) is 9.59 Å². The molecule has 1 rings (SSSR count). The molecule has 0 fully saturated rings. The third-order valence-electron chi connectivity index (χ3n) is 2.17. The molecule has 0 atom stereocenters. The van der Waals surface area contributed by atoms with Crippen LogP contribution in [0.5, 0.6) is 0 Å². The molecule has 1 aromatic rings.